The van der Waals surface area contributed by atoms with Crippen molar-refractivity contribution in [3.8, 4) is 11.5 Å². The van der Waals surface area contributed by atoms with Crippen LogP contribution >= 0.6 is 0 Å². The number of ketones is 3. The van der Waals surface area contributed by atoms with E-state index in [0.29, 0.717) is 12.0 Å². The summed E-state index contributed by atoms with van der Waals surface area (Å²) in [5.41, 5.74) is 0.625. The van der Waals surface area contributed by atoms with Crippen molar-refractivity contribution in [2.24, 2.45) is 11.8 Å². The number of allylic oxidation sites excluding steroid dienone is 4. The predicted octanol–water partition coefficient (Wildman–Crippen LogP) is 3.54. The first kappa shape index (κ1) is 18.9. The zero-order chi connectivity index (χ0) is 19.9. The van der Waals surface area contributed by atoms with Gasteiger partial charge in [-0.15, -0.1) is 0 Å². The van der Waals surface area contributed by atoms with Gasteiger partial charge in [-0.3, -0.25) is 14.4 Å². The molecule has 2 aliphatic rings. The summed E-state index contributed by atoms with van der Waals surface area (Å²) in [4.78, 5) is 37.5. The number of aliphatic hydroxyl groups is 1. The summed E-state index contributed by atoms with van der Waals surface area (Å²) in [5, 5.41) is 20.6. The Morgan fingerprint density at radius 3 is 2.56 bits per heavy atom. The van der Waals surface area contributed by atoms with Crippen LogP contribution in [0.3, 0.4) is 0 Å². The molecule has 0 spiro atoms. The van der Waals surface area contributed by atoms with E-state index in [4.69, 9.17) is 4.74 Å². The standard InChI is InChI=1S/C21H22O6/c1-4-5-17(11(3)22)27-12-8-14-19(16(24)9-12)21(26)18-13(20(14)25)6-10(2)7-15(18)23/h6-9,13,17-18,23-24H,4-5H2,1-3H3. The van der Waals surface area contributed by atoms with Gasteiger partial charge < -0.3 is 14.9 Å². The summed E-state index contributed by atoms with van der Waals surface area (Å²) in [6.45, 7) is 5.07. The molecule has 0 aliphatic heterocycles. The van der Waals surface area contributed by atoms with E-state index >= 15 is 0 Å². The van der Waals surface area contributed by atoms with Crippen molar-refractivity contribution < 1.29 is 29.3 Å². The number of hydrogen-bond donors (Lipinski definition) is 2. The minimum Gasteiger partial charge on any atom is -0.511 e. The van der Waals surface area contributed by atoms with Gasteiger partial charge in [0.05, 0.1) is 17.4 Å². The van der Waals surface area contributed by atoms with Crippen molar-refractivity contribution in [1.82, 2.24) is 0 Å². The summed E-state index contributed by atoms with van der Waals surface area (Å²) < 4.78 is 5.68. The topological polar surface area (TPSA) is 101 Å². The van der Waals surface area contributed by atoms with Crippen molar-refractivity contribution in [2.75, 3.05) is 0 Å². The lowest BCUT2D eigenvalue weighted by molar-refractivity contribution is -0.123. The molecule has 0 heterocycles. The summed E-state index contributed by atoms with van der Waals surface area (Å²) in [6, 6.07) is 2.64. The van der Waals surface area contributed by atoms with Gasteiger partial charge in [0.15, 0.2) is 23.5 Å². The smallest absolute Gasteiger partial charge is 0.178 e. The van der Waals surface area contributed by atoms with E-state index in [2.05, 4.69) is 0 Å². The third-order valence-electron chi connectivity index (χ3n) is 4.97. The molecular weight excluding hydrogens is 348 g/mol. The van der Waals surface area contributed by atoms with Crippen LogP contribution in [0.15, 0.2) is 35.6 Å². The van der Waals surface area contributed by atoms with Crippen molar-refractivity contribution in [2.45, 2.75) is 39.7 Å². The number of ether oxygens (including phenoxy) is 1. The number of Topliss-reactive ketones (excluding diaryl/α,β-unsaturated/α-hetero) is 3. The average molecular weight is 370 g/mol. The van der Waals surface area contributed by atoms with Gasteiger partial charge in [0.25, 0.3) is 0 Å². The Morgan fingerprint density at radius 1 is 1.22 bits per heavy atom. The number of rotatable bonds is 5. The predicted molar refractivity (Wildman–Crippen MR) is 98.2 cm³/mol. The molecule has 6 nitrogen and oxygen atoms in total. The van der Waals surface area contributed by atoms with Gasteiger partial charge in [0, 0.05) is 11.6 Å². The Labute approximate surface area is 157 Å². The zero-order valence-electron chi connectivity index (χ0n) is 15.5. The zero-order valence-corrected chi connectivity index (χ0v) is 15.5. The Balaban J connectivity index is 2.05. The third kappa shape index (κ3) is 3.27. The van der Waals surface area contributed by atoms with Crippen LogP contribution in [-0.2, 0) is 4.79 Å². The van der Waals surface area contributed by atoms with E-state index in [0.717, 1.165) is 6.42 Å². The normalized spacial score (nSPS) is 22.3. The van der Waals surface area contributed by atoms with E-state index in [1.165, 1.54) is 25.1 Å². The van der Waals surface area contributed by atoms with Crippen LogP contribution in [0.1, 0.15) is 54.3 Å². The summed E-state index contributed by atoms with van der Waals surface area (Å²) in [5.74, 6) is -3.27. The van der Waals surface area contributed by atoms with Crippen LogP contribution < -0.4 is 4.74 Å². The van der Waals surface area contributed by atoms with E-state index in [1.807, 2.05) is 6.92 Å². The van der Waals surface area contributed by atoms with Crippen LogP contribution in [-0.4, -0.2) is 33.7 Å². The van der Waals surface area contributed by atoms with Crippen molar-refractivity contribution in [3.63, 3.8) is 0 Å². The van der Waals surface area contributed by atoms with Gasteiger partial charge >= 0.3 is 0 Å². The fourth-order valence-corrected chi connectivity index (χ4v) is 3.69. The molecule has 2 N–H and O–H groups in total. The van der Waals surface area contributed by atoms with Gasteiger partial charge in [-0.1, -0.05) is 25.0 Å². The molecule has 0 saturated heterocycles. The number of phenols is 1. The average Bonchev–Trinajstić information content (AvgIpc) is 2.58. The first-order valence-corrected chi connectivity index (χ1v) is 8.96. The summed E-state index contributed by atoms with van der Waals surface area (Å²) >= 11 is 0. The molecule has 0 bridgehead atoms. The minimum atomic E-state index is -1.02. The molecule has 27 heavy (non-hydrogen) atoms. The molecule has 0 radical (unpaired) electrons. The lowest BCUT2D eigenvalue weighted by Gasteiger charge is -2.31. The first-order chi connectivity index (χ1) is 12.7. The number of fused-ring (bicyclic) bond motifs is 2. The monoisotopic (exact) mass is 370 g/mol. The summed E-state index contributed by atoms with van der Waals surface area (Å²) in [7, 11) is 0. The highest BCUT2D eigenvalue weighted by Gasteiger charge is 2.45. The molecule has 0 fully saturated rings. The van der Waals surface area contributed by atoms with E-state index in [-0.39, 0.29) is 34.2 Å². The first-order valence-electron chi connectivity index (χ1n) is 8.96. The van der Waals surface area contributed by atoms with Crippen LogP contribution in [0.25, 0.3) is 0 Å². The highest BCUT2D eigenvalue weighted by atomic mass is 16.5. The van der Waals surface area contributed by atoms with Crippen LogP contribution in [0, 0.1) is 11.8 Å². The molecule has 0 saturated carbocycles. The maximum Gasteiger partial charge on any atom is 0.178 e. The number of hydrogen-bond acceptors (Lipinski definition) is 6. The van der Waals surface area contributed by atoms with Crippen LogP contribution in [0.5, 0.6) is 11.5 Å². The number of carbonyl (C=O) groups excluding carboxylic acids is 3. The lowest BCUT2D eigenvalue weighted by atomic mass is 9.70. The van der Waals surface area contributed by atoms with Crippen molar-refractivity contribution >= 4 is 17.3 Å². The molecule has 2 aliphatic carbocycles. The molecule has 3 unspecified atom stereocenters. The van der Waals surface area contributed by atoms with Crippen LogP contribution in [0.4, 0.5) is 0 Å². The number of aliphatic hydroxyl groups excluding tert-OH is 1. The third-order valence-corrected chi connectivity index (χ3v) is 4.97. The molecule has 1 aromatic rings. The van der Waals surface area contributed by atoms with Crippen LogP contribution in [0.2, 0.25) is 0 Å². The van der Waals surface area contributed by atoms with Gasteiger partial charge in [0.2, 0.25) is 0 Å². The van der Waals surface area contributed by atoms with E-state index in [9.17, 15) is 24.6 Å². The van der Waals surface area contributed by atoms with Crippen molar-refractivity contribution in [3.05, 3.63) is 46.7 Å². The molecule has 0 aromatic heterocycles. The van der Waals surface area contributed by atoms with Gasteiger partial charge in [-0.2, -0.15) is 0 Å². The quantitative estimate of drug-likeness (QED) is 0.822. The number of phenolic OH excluding ortho intramolecular Hbond substituents is 1. The van der Waals surface area contributed by atoms with Gasteiger partial charge in [-0.05, 0) is 32.4 Å². The molecule has 6 heteroatoms. The second kappa shape index (κ2) is 7.02. The van der Waals surface area contributed by atoms with Gasteiger partial charge in [0.1, 0.15) is 17.3 Å². The highest BCUT2D eigenvalue weighted by molar-refractivity contribution is 6.19. The maximum absolute atomic E-state index is 13.0. The minimum absolute atomic E-state index is 0.0498. The number of aromatic hydroxyl groups is 1. The SMILES string of the molecule is CCCC(Oc1cc(O)c2c(c1)C(=O)C1C=C(C)C=C(O)C1C2=O)C(C)=O. The Morgan fingerprint density at radius 2 is 1.93 bits per heavy atom. The Bertz CT molecular complexity index is 892. The molecular formula is C21H22O6. The maximum atomic E-state index is 13.0. The summed E-state index contributed by atoms with van der Waals surface area (Å²) in [6.07, 6.45) is 3.66. The van der Waals surface area contributed by atoms with E-state index < -0.39 is 29.5 Å². The van der Waals surface area contributed by atoms with Crippen molar-refractivity contribution in [1.29, 1.82) is 0 Å². The number of carbonyl (C=O) groups is 3. The molecule has 3 atom stereocenters. The highest BCUT2D eigenvalue weighted by Crippen LogP contribution is 2.42. The molecule has 142 valence electrons. The number of benzene rings is 1. The van der Waals surface area contributed by atoms with E-state index in [1.54, 1.807) is 13.0 Å². The second-order valence-corrected chi connectivity index (χ2v) is 7.08. The lowest BCUT2D eigenvalue weighted by Crippen LogP contribution is -2.38. The van der Waals surface area contributed by atoms with Gasteiger partial charge in [-0.25, -0.2) is 0 Å². The fourth-order valence-electron chi connectivity index (χ4n) is 3.69. The second-order valence-electron chi connectivity index (χ2n) is 7.08. The fraction of sp³-hybridized carbons (Fsp3) is 0.381. The Kier molecular flexibility index (Phi) is 4.91. The molecule has 3 rings (SSSR count). The Hall–Kier alpha value is -2.89. The largest absolute Gasteiger partial charge is 0.511 e. The molecule has 1 aromatic carbocycles. The molecule has 0 amide bonds.